The van der Waals surface area contributed by atoms with Gasteiger partial charge in [-0.25, -0.2) is 0 Å². The van der Waals surface area contributed by atoms with E-state index in [9.17, 15) is 4.79 Å². The molecule has 1 aromatic rings. The van der Waals surface area contributed by atoms with E-state index in [0.29, 0.717) is 19.5 Å². The Kier molecular flexibility index (Phi) is 6.32. The maximum absolute atomic E-state index is 11.7. The average molecular weight is 333 g/mol. The minimum absolute atomic E-state index is 0.115. The molecule has 0 aliphatic carbocycles. The van der Waals surface area contributed by atoms with Gasteiger partial charge in [-0.2, -0.15) is 0 Å². The Hall–Kier alpha value is -0.390. The van der Waals surface area contributed by atoms with Gasteiger partial charge in [-0.1, -0.05) is 13.8 Å². The van der Waals surface area contributed by atoms with Gasteiger partial charge in [0.05, 0.1) is 6.54 Å². The molecule has 1 rings (SSSR count). The SMILES string of the molecule is CC(C)(CCN)CCC(=O)NCc1cc(Br)cs1. The van der Waals surface area contributed by atoms with Crippen LogP contribution in [0.4, 0.5) is 0 Å². The Balaban J connectivity index is 2.26. The molecule has 0 aromatic carbocycles. The summed E-state index contributed by atoms with van der Waals surface area (Å²) in [4.78, 5) is 12.9. The Morgan fingerprint density at radius 2 is 2.22 bits per heavy atom. The van der Waals surface area contributed by atoms with Crippen LogP contribution in [0.15, 0.2) is 15.9 Å². The van der Waals surface area contributed by atoms with Crippen molar-refractivity contribution in [3.8, 4) is 0 Å². The zero-order valence-electron chi connectivity index (χ0n) is 11.0. The number of hydrogen-bond acceptors (Lipinski definition) is 3. The van der Waals surface area contributed by atoms with Crippen molar-refractivity contribution in [2.75, 3.05) is 6.54 Å². The molecule has 0 radical (unpaired) electrons. The van der Waals surface area contributed by atoms with Gasteiger partial charge in [-0.3, -0.25) is 4.79 Å². The predicted octanol–water partition coefficient (Wildman–Crippen LogP) is 3.28. The zero-order chi connectivity index (χ0) is 13.6. The molecule has 5 heteroatoms. The molecular weight excluding hydrogens is 312 g/mol. The lowest BCUT2D eigenvalue weighted by Crippen LogP contribution is -2.25. The van der Waals surface area contributed by atoms with Crippen LogP contribution in [-0.4, -0.2) is 12.5 Å². The van der Waals surface area contributed by atoms with Crippen LogP contribution in [0.1, 0.15) is 38.0 Å². The zero-order valence-corrected chi connectivity index (χ0v) is 13.4. The lowest BCUT2D eigenvalue weighted by Gasteiger charge is -2.23. The van der Waals surface area contributed by atoms with Crippen molar-refractivity contribution in [3.05, 3.63) is 20.8 Å². The molecule has 0 bridgehead atoms. The van der Waals surface area contributed by atoms with Crippen molar-refractivity contribution in [1.29, 1.82) is 0 Å². The number of rotatable bonds is 7. The quantitative estimate of drug-likeness (QED) is 0.804. The van der Waals surface area contributed by atoms with Crippen LogP contribution in [0.5, 0.6) is 0 Å². The highest BCUT2D eigenvalue weighted by Gasteiger charge is 2.18. The minimum atomic E-state index is 0.115. The van der Waals surface area contributed by atoms with E-state index in [0.717, 1.165) is 22.2 Å². The molecule has 18 heavy (non-hydrogen) atoms. The van der Waals surface area contributed by atoms with Crippen molar-refractivity contribution in [3.63, 3.8) is 0 Å². The molecule has 1 aromatic heterocycles. The van der Waals surface area contributed by atoms with Crippen LogP contribution in [0.3, 0.4) is 0 Å². The summed E-state index contributed by atoms with van der Waals surface area (Å²) in [5.74, 6) is 0.115. The number of halogens is 1. The van der Waals surface area contributed by atoms with Gasteiger partial charge < -0.3 is 11.1 Å². The van der Waals surface area contributed by atoms with Crippen LogP contribution in [-0.2, 0) is 11.3 Å². The van der Waals surface area contributed by atoms with Crippen molar-refractivity contribution in [1.82, 2.24) is 5.32 Å². The van der Waals surface area contributed by atoms with Gasteiger partial charge in [0.15, 0.2) is 0 Å². The van der Waals surface area contributed by atoms with Crippen LogP contribution in [0.2, 0.25) is 0 Å². The summed E-state index contributed by atoms with van der Waals surface area (Å²) in [6.07, 6.45) is 2.40. The minimum Gasteiger partial charge on any atom is -0.351 e. The van der Waals surface area contributed by atoms with E-state index in [1.165, 1.54) is 0 Å². The Labute approximate surface area is 121 Å². The van der Waals surface area contributed by atoms with E-state index in [1.807, 2.05) is 11.4 Å². The van der Waals surface area contributed by atoms with Crippen molar-refractivity contribution >= 4 is 33.2 Å². The molecule has 3 N–H and O–H groups in total. The number of amides is 1. The lowest BCUT2D eigenvalue weighted by atomic mass is 9.84. The fourth-order valence-corrected chi connectivity index (χ4v) is 3.08. The number of carbonyl (C=O) groups is 1. The van der Waals surface area contributed by atoms with Gasteiger partial charge in [0.1, 0.15) is 0 Å². The summed E-state index contributed by atoms with van der Waals surface area (Å²) in [6.45, 7) is 5.61. The molecule has 1 amide bonds. The first-order valence-corrected chi connectivity index (χ1v) is 7.80. The maximum Gasteiger partial charge on any atom is 0.220 e. The topological polar surface area (TPSA) is 55.1 Å². The highest BCUT2D eigenvalue weighted by Crippen LogP contribution is 2.25. The van der Waals surface area contributed by atoms with E-state index >= 15 is 0 Å². The first-order valence-electron chi connectivity index (χ1n) is 6.12. The van der Waals surface area contributed by atoms with E-state index < -0.39 is 0 Å². The van der Waals surface area contributed by atoms with Crippen molar-refractivity contribution in [2.45, 2.75) is 39.7 Å². The number of hydrogen-bond donors (Lipinski definition) is 2. The standard InChI is InChI=1S/C13H21BrN2OS/c1-13(2,5-6-15)4-3-12(17)16-8-11-7-10(14)9-18-11/h7,9H,3-6,8,15H2,1-2H3,(H,16,17). The molecule has 0 saturated carbocycles. The Bertz CT molecular complexity index is 390. The van der Waals surface area contributed by atoms with Gasteiger partial charge >= 0.3 is 0 Å². The molecule has 0 atom stereocenters. The van der Waals surface area contributed by atoms with Crippen LogP contribution in [0, 0.1) is 5.41 Å². The summed E-state index contributed by atoms with van der Waals surface area (Å²) in [6, 6.07) is 2.03. The van der Waals surface area contributed by atoms with Gasteiger partial charge in [-0.05, 0) is 46.8 Å². The monoisotopic (exact) mass is 332 g/mol. The van der Waals surface area contributed by atoms with Gasteiger partial charge in [0, 0.05) is 21.2 Å². The third-order valence-electron chi connectivity index (χ3n) is 2.93. The molecule has 3 nitrogen and oxygen atoms in total. The lowest BCUT2D eigenvalue weighted by molar-refractivity contribution is -0.121. The molecule has 0 unspecified atom stereocenters. The van der Waals surface area contributed by atoms with Crippen LogP contribution < -0.4 is 11.1 Å². The number of nitrogens with one attached hydrogen (secondary N) is 1. The smallest absolute Gasteiger partial charge is 0.220 e. The van der Waals surface area contributed by atoms with Crippen molar-refractivity contribution < 1.29 is 4.79 Å². The molecule has 102 valence electrons. The third kappa shape index (κ3) is 5.98. The Morgan fingerprint density at radius 3 is 2.78 bits per heavy atom. The Morgan fingerprint density at radius 1 is 1.50 bits per heavy atom. The second-order valence-electron chi connectivity index (χ2n) is 5.21. The van der Waals surface area contributed by atoms with Crippen LogP contribution >= 0.6 is 27.3 Å². The highest BCUT2D eigenvalue weighted by molar-refractivity contribution is 9.10. The second kappa shape index (κ2) is 7.26. The summed E-state index contributed by atoms with van der Waals surface area (Å²) < 4.78 is 1.07. The van der Waals surface area contributed by atoms with Gasteiger partial charge in [0.2, 0.25) is 5.91 Å². The molecule has 0 aliphatic heterocycles. The number of thiophene rings is 1. The first-order chi connectivity index (χ1) is 8.43. The number of nitrogens with two attached hydrogens (primary N) is 1. The highest BCUT2D eigenvalue weighted by atomic mass is 79.9. The summed E-state index contributed by atoms with van der Waals surface area (Å²) in [7, 11) is 0. The molecule has 0 saturated heterocycles. The molecule has 0 fully saturated rings. The summed E-state index contributed by atoms with van der Waals surface area (Å²) >= 11 is 5.04. The van der Waals surface area contributed by atoms with Gasteiger partial charge in [0.25, 0.3) is 0 Å². The fraction of sp³-hybridized carbons (Fsp3) is 0.615. The largest absolute Gasteiger partial charge is 0.351 e. The predicted molar refractivity (Wildman–Crippen MR) is 80.6 cm³/mol. The summed E-state index contributed by atoms with van der Waals surface area (Å²) in [5, 5.41) is 4.97. The molecular formula is C13H21BrN2OS. The second-order valence-corrected chi connectivity index (χ2v) is 7.12. The third-order valence-corrected chi connectivity index (χ3v) is 4.63. The maximum atomic E-state index is 11.7. The summed E-state index contributed by atoms with van der Waals surface area (Å²) in [5.41, 5.74) is 5.71. The van der Waals surface area contributed by atoms with Crippen molar-refractivity contribution in [2.24, 2.45) is 11.1 Å². The van der Waals surface area contributed by atoms with E-state index in [2.05, 4.69) is 35.1 Å². The van der Waals surface area contributed by atoms with E-state index in [-0.39, 0.29) is 11.3 Å². The normalized spacial score (nSPS) is 11.6. The molecule has 0 aliphatic rings. The molecule has 0 spiro atoms. The van der Waals surface area contributed by atoms with Crippen LogP contribution in [0.25, 0.3) is 0 Å². The fourth-order valence-electron chi connectivity index (χ4n) is 1.69. The average Bonchev–Trinajstić information content (AvgIpc) is 2.70. The van der Waals surface area contributed by atoms with Gasteiger partial charge in [-0.15, -0.1) is 11.3 Å². The van der Waals surface area contributed by atoms with E-state index in [4.69, 9.17) is 5.73 Å². The van der Waals surface area contributed by atoms with E-state index in [1.54, 1.807) is 11.3 Å². The number of carbonyl (C=O) groups excluding carboxylic acids is 1. The molecule has 1 heterocycles. The first kappa shape index (κ1) is 15.7.